The van der Waals surface area contributed by atoms with E-state index in [4.69, 9.17) is 13.6 Å². The number of hydrogen-bond acceptors (Lipinski definition) is 7. The number of thiazole rings is 1. The maximum atomic E-state index is 14.7. The van der Waals surface area contributed by atoms with Gasteiger partial charge in [0.15, 0.2) is 22.7 Å². The molecule has 1 aromatic heterocycles. The highest BCUT2D eigenvalue weighted by Gasteiger charge is 2.50. The summed E-state index contributed by atoms with van der Waals surface area (Å²) in [5, 5.41) is 2.76. The smallest absolute Gasteiger partial charge is 0.309 e. The van der Waals surface area contributed by atoms with Crippen LogP contribution in [0.4, 0.5) is 0 Å². The van der Waals surface area contributed by atoms with Gasteiger partial charge in [0.1, 0.15) is 11.5 Å². The minimum absolute atomic E-state index is 0.0124. The van der Waals surface area contributed by atoms with E-state index < -0.39 is 40.2 Å². The Morgan fingerprint density at radius 2 is 1.57 bits per heavy atom. The lowest BCUT2D eigenvalue weighted by molar-refractivity contribution is -0.152. The Morgan fingerprint density at radius 3 is 2.11 bits per heavy atom. The normalized spacial score (nSPS) is 27.0. The first-order valence-corrected chi connectivity index (χ1v) is 23.8. The van der Waals surface area contributed by atoms with Gasteiger partial charge in [0, 0.05) is 23.1 Å². The molecule has 0 saturated carbocycles. The van der Waals surface area contributed by atoms with Crippen molar-refractivity contribution in [2.75, 3.05) is 0 Å². The van der Waals surface area contributed by atoms with E-state index in [-0.39, 0.29) is 40.2 Å². The molecule has 0 bridgehead atoms. The van der Waals surface area contributed by atoms with Gasteiger partial charge in [0.2, 0.25) is 0 Å². The fraction of sp³-hybridized carbons (Fsp3) is 0.757. The van der Waals surface area contributed by atoms with Gasteiger partial charge in [-0.3, -0.25) is 9.59 Å². The molecule has 0 radical (unpaired) electrons. The second kappa shape index (κ2) is 15.8. The lowest BCUT2D eigenvalue weighted by Gasteiger charge is -2.46. The number of carbonyl (C=O) groups is 2. The molecule has 5 atom stereocenters. The second-order valence-corrected chi connectivity index (χ2v) is 27.5. The van der Waals surface area contributed by atoms with E-state index in [1.54, 1.807) is 11.3 Å². The van der Waals surface area contributed by atoms with E-state index >= 15 is 0 Å². The van der Waals surface area contributed by atoms with Crippen molar-refractivity contribution < 1.29 is 23.2 Å². The number of aromatic nitrogens is 1. The summed E-state index contributed by atoms with van der Waals surface area (Å²) in [5.41, 5.74) is -0.281. The van der Waals surface area contributed by atoms with E-state index in [1.807, 2.05) is 33.1 Å². The van der Waals surface area contributed by atoms with E-state index in [2.05, 4.69) is 104 Å². The first-order valence-electron chi connectivity index (χ1n) is 17.1. The van der Waals surface area contributed by atoms with Gasteiger partial charge in [-0.25, -0.2) is 4.98 Å². The van der Waals surface area contributed by atoms with Crippen LogP contribution in [0.3, 0.4) is 0 Å². The summed E-state index contributed by atoms with van der Waals surface area (Å²) >= 11 is 1.54. The third-order valence-corrected chi connectivity index (χ3v) is 20.3. The Hall–Kier alpha value is -1.58. The average molecular weight is 690 g/mol. The van der Waals surface area contributed by atoms with E-state index in [9.17, 15) is 9.59 Å². The zero-order valence-electron chi connectivity index (χ0n) is 31.6. The van der Waals surface area contributed by atoms with Crippen LogP contribution in [0.2, 0.25) is 36.3 Å². The van der Waals surface area contributed by atoms with Crippen LogP contribution in [-0.4, -0.2) is 51.7 Å². The van der Waals surface area contributed by atoms with Crippen LogP contribution in [0.15, 0.2) is 17.5 Å². The molecule has 0 N–H and O–H groups in total. The van der Waals surface area contributed by atoms with Crippen LogP contribution in [0.5, 0.6) is 0 Å². The SMILES string of the molecule is Cc1nc(C#C[C@@H]2C/C=C\CCC[C@H](C)[C@H](O[Si](C)(C)C(C)(C)C)[C@@H](C)C(=O)C(C)(C)[C@@H](O[Si](C)(C)C(C)(C)C)CC(=O)O2)cs1. The standard InChI is InChI=1S/C37H63NO5SSi2/c1-26-20-18-16-17-19-21-30(23-22-29-25-44-28(3)38-29)41-32(39)24-31(42-45(12,13)35(4,5)6)37(10,11)34(40)27(2)33(26)43-46(14,15)36(7,8)9/h17,19,25-27,30-31,33H,16,18,20-21,24H2,1-15H3/b19-17-/t26-,27+,30-,31-,33-/m0/s1. The second-order valence-electron chi connectivity index (χ2n) is 16.9. The number of nitrogens with zero attached hydrogens (tertiary/aromatic N) is 1. The number of Topliss-reactive ketones (excluding diaryl/α,β-unsaturated/α-hetero) is 1. The number of esters is 1. The molecule has 0 amide bonds. The number of hydrogen-bond donors (Lipinski definition) is 0. The minimum atomic E-state index is -2.38. The van der Waals surface area contributed by atoms with E-state index in [0.29, 0.717) is 12.1 Å². The number of rotatable bonds is 4. The maximum Gasteiger partial charge on any atom is 0.309 e. The quantitative estimate of drug-likeness (QED) is 0.136. The Bertz CT molecular complexity index is 1270. The van der Waals surface area contributed by atoms with Crippen molar-refractivity contribution in [2.45, 2.75) is 163 Å². The molecule has 9 heteroatoms. The van der Waals surface area contributed by atoms with Crippen molar-refractivity contribution in [3.05, 3.63) is 28.2 Å². The molecule has 2 rings (SSSR count). The van der Waals surface area contributed by atoms with Crippen LogP contribution in [-0.2, 0) is 23.2 Å². The Balaban J connectivity index is 2.59. The molecule has 1 aliphatic heterocycles. The third kappa shape index (κ3) is 11.0. The lowest BCUT2D eigenvalue weighted by Crippen LogP contribution is -2.54. The summed E-state index contributed by atoms with van der Waals surface area (Å²) in [6.45, 7) is 32.2. The van der Waals surface area contributed by atoms with Crippen LogP contribution < -0.4 is 0 Å². The number of carbonyl (C=O) groups excluding carboxylic acids is 2. The molecule has 1 aromatic rings. The summed E-state index contributed by atoms with van der Waals surface area (Å²) < 4.78 is 20.1. The number of ketones is 1. The first kappa shape index (κ1) is 40.6. The van der Waals surface area contributed by atoms with Crippen molar-refractivity contribution in [3.8, 4) is 11.8 Å². The van der Waals surface area contributed by atoms with Gasteiger partial charge in [-0.2, -0.15) is 0 Å². The number of cyclic esters (lactones) is 1. The van der Waals surface area contributed by atoms with Crippen molar-refractivity contribution in [3.63, 3.8) is 0 Å². The lowest BCUT2D eigenvalue weighted by atomic mass is 9.73. The molecule has 0 spiro atoms. The van der Waals surface area contributed by atoms with Gasteiger partial charge in [0.05, 0.1) is 23.6 Å². The molecular weight excluding hydrogens is 627 g/mol. The fourth-order valence-electron chi connectivity index (χ4n) is 5.23. The van der Waals surface area contributed by atoms with Crippen molar-refractivity contribution >= 4 is 39.7 Å². The Labute approximate surface area is 287 Å². The predicted octanol–water partition coefficient (Wildman–Crippen LogP) is 9.88. The zero-order chi connectivity index (χ0) is 35.3. The summed E-state index contributed by atoms with van der Waals surface area (Å²) in [6.07, 6.45) is 6.01. The molecule has 260 valence electrons. The fourth-order valence-corrected chi connectivity index (χ4v) is 8.69. The highest BCUT2D eigenvalue weighted by atomic mass is 32.1. The van der Waals surface area contributed by atoms with Crippen LogP contribution >= 0.6 is 11.3 Å². The molecule has 0 aliphatic carbocycles. The molecule has 0 aromatic carbocycles. The van der Waals surface area contributed by atoms with E-state index in [1.165, 1.54) is 0 Å². The maximum absolute atomic E-state index is 14.7. The largest absolute Gasteiger partial charge is 0.449 e. The van der Waals surface area contributed by atoms with Crippen molar-refractivity contribution in [1.29, 1.82) is 0 Å². The van der Waals surface area contributed by atoms with E-state index in [0.717, 1.165) is 24.3 Å². The predicted molar refractivity (Wildman–Crippen MR) is 197 cm³/mol. The molecule has 1 aliphatic rings. The third-order valence-electron chi connectivity index (χ3n) is 10.5. The molecular formula is C37H63NO5SSi2. The Morgan fingerprint density at radius 1 is 0.978 bits per heavy atom. The van der Waals surface area contributed by atoms with Crippen LogP contribution in [0.1, 0.15) is 112 Å². The topological polar surface area (TPSA) is 74.7 Å². The van der Waals surface area contributed by atoms with Crippen molar-refractivity contribution in [1.82, 2.24) is 4.98 Å². The summed E-state index contributed by atoms with van der Waals surface area (Å²) in [5.74, 6) is 5.72. The number of allylic oxidation sites excluding steroid dienone is 1. The minimum Gasteiger partial charge on any atom is -0.449 e. The molecule has 46 heavy (non-hydrogen) atoms. The van der Waals surface area contributed by atoms with Gasteiger partial charge < -0.3 is 13.6 Å². The van der Waals surface area contributed by atoms with Gasteiger partial charge in [-0.15, -0.1) is 11.3 Å². The summed E-state index contributed by atoms with van der Waals surface area (Å²) in [6, 6.07) is 0. The van der Waals surface area contributed by atoms with Gasteiger partial charge in [-0.1, -0.05) is 87.3 Å². The molecule has 6 nitrogen and oxygen atoms in total. The summed E-state index contributed by atoms with van der Waals surface area (Å²) in [7, 11) is -4.57. The number of aryl methyl sites for hydroxylation is 1. The zero-order valence-corrected chi connectivity index (χ0v) is 34.4. The monoisotopic (exact) mass is 689 g/mol. The van der Waals surface area contributed by atoms with Crippen LogP contribution in [0.25, 0.3) is 0 Å². The Kier molecular flexibility index (Phi) is 13.9. The molecule has 2 heterocycles. The van der Waals surface area contributed by atoms with Crippen LogP contribution in [0, 0.1) is 36.0 Å². The summed E-state index contributed by atoms with van der Waals surface area (Å²) in [4.78, 5) is 32.9. The highest BCUT2D eigenvalue weighted by Crippen LogP contribution is 2.44. The molecule has 0 fully saturated rings. The highest BCUT2D eigenvalue weighted by molar-refractivity contribution is 7.09. The molecule has 0 unspecified atom stereocenters. The van der Waals surface area contributed by atoms with Gasteiger partial charge in [-0.05, 0) is 74.3 Å². The first-order chi connectivity index (χ1) is 20.9. The number of ether oxygens (including phenoxy) is 1. The van der Waals surface area contributed by atoms with Gasteiger partial charge in [0.25, 0.3) is 0 Å². The van der Waals surface area contributed by atoms with Gasteiger partial charge >= 0.3 is 5.97 Å². The average Bonchev–Trinajstić information content (AvgIpc) is 3.33. The molecule has 0 saturated heterocycles. The van der Waals surface area contributed by atoms with Crippen molar-refractivity contribution in [2.24, 2.45) is 17.3 Å².